The number of hydrogen-bond donors (Lipinski definition) is 3. The van der Waals surface area contributed by atoms with Crippen LogP contribution in [0.3, 0.4) is 0 Å². The topological polar surface area (TPSA) is 106 Å². The Bertz CT molecular complexity index is 710. The summed E-state index contributed by atoms with van der Waals surface area (Å²) in [5.74, 6) is 1.18. The van der Waals surface area contributed by atoms with E-state index < -0.39 is 28.1 Å². The minimum Gasteiger partial charge on any atom is -0.337 e. The number of hydrazine groups is 1. The number of nitrogens with two attached hydrogens (primary N) is 1. The summed E-state index contributed by atoms with van der Waals surface area (Å²) in [6.45, 7) is 0. The van der Waals surface area contributed by atoms with Gasteiger partial charge in [-0.15, -0.1) is 0 Å². The van der Waals surface area contributed by atoms with E-state index in [0.29, 0.717) is 12.1 Å². The molecule has 0 amide bonds. The van der Waals surface area contributed by atoms with Crippen LogP contribution in [0.2, 0.25) is 0 Å². The zero-order chi connectivity index (χ0) is 15.6. The fourth-order valence-electron chi connectivity index (χ4n) is 1.52. The lowest BCUT2D eigenvalue weighted by molar-refractivity contribution is -0.384. The van der Waals surface area contributed by atoms with E-state index in [1.54, 1.807) is 0 Å². The molecule has 2 aromatic rings. The Kier molecular flexibility index (Phi) is 3.89. The van der Waals surface area contributed by atoms with E-state index in [4.69, 9.17) is 5.84 Å². The largest absolute Gasteiger partial charge is 0.337 e. The van der Waals surface area contributed by atoms with Crippen molar-refractivity contribution >= 4 is 23.0 Å². The van der Waals surface area contributed by atoms with Gasteiger partial charge in [0.15, 0.2) is 11.6 Å². The van der Waals surface area contributed by atoms with Crippen LogP contribution >= 0.6 is 0 Å². The number of anilines is 3. The van der Waals surface area contributed by atoms with Crippen molar-refractivity contribution in [2.24, 2.45) is 5.84 Å². The third-order valence-corrected chi connectivity index (χ3v) is 2.44. The first-order valence-electron chi connectivity index (χ1n) is 5.45. The summed E-state index contributed by atoms with van der Waals surface area (Å²) in [5, 5.41) is 13.1. The van der Waals surface area contributed by atoms with Crippen LogP contribution in [0.25, 0.3) is 0 Å². The molecule has 0 aliphatic rings. The predicted octanol–water partition coefficient (Wildman–Crippen LogP) is 2.44. The summed E-state index contributed by atoms with van der Waals surface area (Å²) >= 11 is 0. The van der Waals surface area contributed by atoms with Gasteiger partial charge in [0.25, 0.3) is 5.69 Å². The number of benzene rings is 1. The minimum atomic E-state index is -1.35. The molecule has 0 saturated carbocycles. The zero-order valence-electron chi connectivity index (χ0n) is 10.2. The molecular formula is C11H8F3N5O2. The minimum absolute atomic E-state index is 0.0605. The lowest BCUT2D eigenvalue weighted by atomic mass is 10.2. The van der Waals surface area contributed by atoms with Gasteiger partial charge in [-0.3, -0.25) is 10.1 Å². The standard InChI is InChI=1S/C11H8F3N5O2/c12-6-3-8(14)9(4-7(6)13)16-10-1-5(19(20)21)2-11(17-10)18-15/h1-4H,15H2,(H2,16,17,18). The molecule has 0 radical (unpaired) electrons. The molecule has 4 N–H and O–H groups in total. The second-order valence-corrected chi connectivity index (χ2v) is 3.87. The van der Waals surface area contributed by atoms with E-state index in [0.717, 1.165) is 12.1 Å². The van der Waals surface area contributed by atoms with Crippen LogP contribution in [0.1, 0.15) is 0 Å². The Balaban J connectivity index is 2.41. The molecule has 1 aromatic carbocycles. The number of rotatable bonds is 4. The molecule has 0 unspecified atom stereocenters. The van der Waals surface area contributed by atoms with Crippen LogP contribution in [0, 0.1) is 27.6 Å². The summed E-state index contributed by atoms with van der Waals surface area (Å²) in [4.78, 5) is 13.8. The van der Waals surface area contributed by atoms with Gasteiger partial charge in [-0.1, -0.05) is 0 Å². The molecule has 0 spiro atoms. The molecule has 1 heterocycles. The predicted molar refractivity (Wildman–Crippen MR) is 68.3 cm³/mol. The number of nitrogens with one attached hydrogen (secondary N) is 2. The maximum Gasteiger partial charge on any atom is 0.276 e. The molecular weight excluding hydrogens is 291 g/mol. The first-order chi connectivity index (χ1) is 9.90. The Hall–Kier alpha value is -2.88. The fourth-order valence-corrected chi connectivity index (χ4v) is 1.52. The van der Waals surface area contributed by atoms with E-state index >= 15 is 0 Å². The summed E-state index contributed by atoms with van der Waals surface area (Å²) in [6.07, 6.45) is 0. The first-order valence-corrected chi connectivity index (χ1v) is 5.45. The van der Waals surface area contributed by atoms with Gasteiger partial charge < -0.3 is 10.7 Å². The highest BCUT2D eigenvalue weighted by atomic mass is 19.2. The molecule has 0 bridgehead atoms. The number of halogens is 3. The first kappa shape index (κ1) is 14.5. The molecule has 7 nitrogen and oxygen atoms in total. The Labute approximate surface area is 115 Å². The molecule has 110 valence electrons. The van der Waals surface area contributed by atoms with E-state index in [1.165, 1.54) is 0 Å². The summed E-state index contributed by atoms with van der Waals surface area (Å²) < 4.78 is 39.4. The summed E-state index contributed by atoms with van der Waals surface area (Å²) in [7, 11) is 0. The van der Waals surface area contributed by atoms with Crippen molar-refractivity contribution < 1.29 is 18.1 Å². The van der Waals surface area contributed by atoms with Crippen molar-refractivity contribution in [3.63, 3.8) is 0 Å². The van der Waals surface area contributed by atoms with Crippen LogP contribution < -0.4 is 16.6 Å². The highest BCUT2D eigenvalue weighted by molar-refractivity contribution is 5.62. The van der Waals surface area contributed by atoms with E-state index in [2.05, 4.69) is 15.7 Å². The number of nitrogens with zero attached hydrogens (tertiary/aromatic N) is 2. The van der Waals surface area contributed by atoms with Crippen LogP contribution in [0.4, 0.5) is 36.2 Å². The number of nitrogen functional groups attached to an aromatic ring is 1. The van der Waals surface area contributed by atoms with Gasteiger partial charge in [0, 0.05) is 12.1 Å². The second-order valence-electron chi connectivity index (χ2n) is 3.87. The molecule has 2 rings (SSSR count). The quantitative estimate of drug-likeness (QED) is 0.346. The van der Waals surface area contributed by atoms with Gasteiger partial charge in [0.1, 0.15) is 17.5 Å². The van der Waals surface area contributed by atoms with Gasteiger partial charge in [0.05, 0.1) is 22.7 Å². The van der Waals surface area contributed by atoms with Crippen molar-refractivity contribution in [2.75, 3.05) is 10.7 Å². The summed E-state index contributed by atoms with van der Waals surface area (Å²) in [5.41, 5.74) is 1.30. The zero-order valence-corrected chi connectivity index (χ0v) is 10.2. The Morgan fingerprint density at radius 1 is 1.05 bits per heavy atom. The molecule has 1 aromatic heterocycles. The third-order valence-electron chi connectivity index (χ3n) is 2.44. The number of pyridine rings is 1. The van der Waals surface area contributed by atoms with Crippen molar-refractivity contribution in [1.82, 2.24) is 4.98 Å². The molecule has 0 aliphatic carbocycles. The van der Waals surface area contributed by atoms with E-state index in [-0.39, 0.29) is 17.3 Å². The smallest absolute Gasteiger partial charge is 0.276 e. The van der Waals surface area contributed by atoms with E-state index in [1.807, 2.05) is 0 Å². The van der Waals surface area contributed by atoms with Gasteiger partial charge in [0.2, 0.25) is 0 Å². The molecule has 21 heavy (non-hydrogen) atoms. The number of nitro groups is 1. The van der Waals surface area contributed by atoms with Crippen LogP contribution in [0.5, 0.6) is 0 Å². The van der Waals surface area contributed by atoms with Crippen molar-refractivity contribution in [2.45, 2.75) is 0 Å². The van der Waals surface area contributed by atoms with Crippen LogP contribution in [-0.4, -0.2) is 9.91 Å². The molecule has 0 fully saturated rings. The van der Waals surface area contributed by atoms with Crippen molar-refractivity contribution in [1.29, 1.82) is 0 Å². The number of hydrogen-bond acceptors (Lipinski definition) is 6. The van der Waals surface area contributed by atoms with Gasteiger partial charge in [-0.05, 0) is 0 Å². The average molecular weight is 299 g/mol. The highest BCUT2D eigenvalue weighted by Crippen LogP contribution is 2.25. The van der Waals surface area contributed by atoms with Crippen molar-refractivity contribution in [3.05, 3.63) is 51.8 Å². The maximum atomic E-state index is 13.5. The maximum absolute atomic E-state index is 13.5. The molecule has 0 aliphatic heterocycles. The van der Waals surface area contributed by atoms with Crippen LogP contribution in [0.15, 0.2) is 24.3 Å². The van der Waals surface area contributed by atoms with Crippen molar-refractivity contribution in [3.8, 4) is 0 Å². The molecule has 0 saturated heterocycles. The second kappa shape index (κ2) is 5.63. The summed E-state index contributed by atoms with van der Waals surface area (Å²) in [6, 6.07) is 2.95. The normalized spacial score (nSPS) is 10.3. The highest BCUT2D eigenvalue weighted by Gasteiger charge is 2.14. The SMILES string of the molecule is NNc1cc([N+](=O)[O-])cc(Nc2cc(F)c(F)cc2F)n1. The average Bonchev–Trinajstić information content (AvgIpc) is 2.44. The van der Waals surface area contributed by atoms with Gasteiger partial charge in [-0.25, -0.2) is 24.0 Å². The fraction of sp³-hybridized carbons (Fsp3) is 0. The van der Waals surface area contributed by atoms with E-state index in [9.17, 15) is 23.3 Å². The lowest BCUT2D eigenvalue weighted by Crippen LogP contribution is -2.10. The van der Waals surface area contributed by atoms with Gasteiger partial charge >= 0.3 is 0 Å². The number of aromatic nitrogens is 1. The Morgan fingerprint density at radius 2 is 1.67 bits per heavy atom. The Morgan fingerprint density at radius 3 is 2.29 bits per heavy atom. The monoisotopic (exact) mass is 299 g/mol. The lowest BCUT2D eigenvalue weighted by Gasteiger charge is -2.09. The molecule has 0 atom stereocenters. The molecule has 10 heteroatoms. The third kappa shape index (κ3) is 3.17. The van der Waals surface area contributed by atoms with Gasteiger partial charge in [-0.2, -0.15) is 0 Å². The van der Waals surface area contributed by atoms with Crippen LogP contribution in [-0.2, 0) is 0 Å².